The molecule has 0 radical (unpaired) electrons. The number of fused-ring (bicyclic) bond motifs is 1. The number of methoxy groups -OCH3 is 1. The van der Waals surface area contributed by atoms with Gasteiger partial charge in [0, 0.05) is 58.0 Å². The summed E-state index contributed by atoms with van der Waals surface area (Å²) in [6.07, 6.45) is 3.22. The van der Waals surface area contributed by atoms with Gasteiger partial charge in [-0.05, 0) is 57.7 Å². The van der Waals surface area contributed by atoms with E-state index in [0.29, 0.717) is 50.5 Å². The van der Waals surface area contributed by atoms with Gasteiger partial charge in [0.05, 0.1) is 11.6 Å². The van der Waals surface area contributed by atoms with Crippen molar-refractivity contribution in [2.75, 3.05) is 43.2 Å². The second-order valence-corrected chi connectivity index (χ2v) is 10.00. The number of nitrogens with one attached hydrogen (secondary N) is 2. The zero-order valence-corrected chi connectivity index (χ0v) is 20.6. The van der Waals surface area contributed by atoms with E-state index in [1.54, 1.807) is 25.9 Å². The Morgan fingerprint density at radius 3 is 2.74 bits per heavy atom. The molecule has 0 spiro atoms. The first-order valence-corrected chi connectivity index (χ1v) is 12.2. The van der Waals surface area contributed by atoms with Crippen molar-refractivity contribution in [1.29, 1.82) is 0 Å². The molecule has 2 aliphatic heterocycles. The summed E-state index contributed by atoms with van der Waals surface area (Å²) in [5.41, 5.74) is 0.509. The maximum Gasteiger partial charge on any atom is 0.270 e. The Hall–Kier alpha value is -2.65. The molecule has 1 aliphatic carbocycles. The lowest BCUT2D eigenvalue weighted by Crippen LogP contribution is -2.53. The van der Waals surface area contributed by atoms with Crippen LogP contribution < -0.4 is 25.2 Å². The minimum atomic E-state index is -0.958. The van der Waals surface area contributed by atoms with Crippen molar-refractivity contribution in [2.24, 2.45) is 5.92 Å². The van der Waals surface area contributed by atoms with Crippen molar-refractivity contribution >= 4 is 29.1 Å². The maximum absolute atomic E-state index is 13.7. The van der Waals surface area contributed by atoms with Gasteiger partial charge in [-0.1, -0.05) is 0 Å². The predicted octanol–water partition coefficient (Wildman–Crippen LogP) is 1.84. The third kappa shape index (κ3) is 5.20. The molecule has 186 valence electrons. The lowest BCUT2D eigenvalue weighted by Gasteiger charge is -2.40. The Balaban J connectivity index is 1.60. The van der Waals surface area contributed by atoms with Gasteiger partial charge < -0.3 is 29.9 Å². The van der Waals surface area contributed by atoms with Crippen molar-refractivity contribution in [3.8, 4) is 5.75 Å². The first-order valence-electron chi connectivity index (χ1n) is 12.2. The van der Waals surface area contributed by atoms with Crippen LogP contribution in [0.3, 0.4) is 0 Å². The first kappa shape index (κ1) is 24.5. The number of benzene rings is 1. The Labute approximate surface area is 201 Å². The molecule has 2 fully saturated rings. The molecule has 0 aromatic heterocycles. The van der Waals surface area contributed by atoms with E-state index in [2.05, 4.69) is 10.6 Å². The van der Waals surface area contributed by atoms with Gasteiger partial charge in [0.1, 0.15) is 5.75 Å². The van der Waals surface area contributed by atoms with Crippen LogP contribution in [-0.4, -0.2) is 68.8 Å². The largest absolute Gasteiger partial charge is 0.476 e. The zero-order chi connectivity index (χ0) is 24.5. The van der Waals surface area contributed by atoms with Gasteiger partial charge in [0.2, 0.25) is 11.8 Å². The number of nitrogens with zero attached hydrogens (tertiary/aromatic N) is 2. The van der Waals surface area contributed by atoms with Crippen molar-refractivity contribution in [3.63, 3.8) is 0 Å². The van der Waals surface area contributed by atoms with Crippen LogP contribution >= 0.6 is 0 Å². The van der Waals surface area contributed by atoms with E-state index in [0.717, 1.165) is 18.5 Å². The summed E-state index contributed by atoms with van der Waals surface area (Å²) in [4.78, 5) is 42.0. The average molecular weight is 473 g/mol. The first-order chi connectivity index (χ1) is 16.2. The molecule has 3 aliphatic rings. The molecule has 9 heteroatoms. The van der Waals surface area contributed by atoms with E-state index in [9.17, 15) is 14.4 Å². The minimum Gasteiger partial charge on any atom is -0.476 e. The lowest BCUT2D eigenvalue weighted by atomic mass is 9.93. The molecule has 2 atom stereocenters. The Bertz CT molecular complexity index is 945. The maximum atomic E-state index is 13.7. The topological polar surface area (TPSA) is 100 Å². The number of amides is 3. The number of piperidine rings is 1. The van der Waals surface area contributed by atoms with Gasteiger partial charge in [-0.25, -0.2) is 0 Å². The summed E-state index contributed by atoms with van der Waals surface area (Å²) in [6.45, 7) is 7.36. The molecular weight excluding hydrogens is 436 g/mol. The third-order valence-electron chi connectivity index (χ3n) is 6.62. The van der Waals surface area contributed by atoms with Gasteiger partial charge in [0.15, 0.2) is 5.60 Å². The van der Waals surface area contributed by atoms with Crippen LogP contribution in [0.4, 0.5) is 11.4 Å². The Morgan fingerprint density at radius 1 is 1.29 bits per heavy atom. The highest BCUT2D eigenvalue weighted by molar-refractivity contribution is 6.04. The summed E-state index contributed by atoms with van der Waals surface area (Å²) >= 11 is 0. The van der Waals surface area contributed by atoms with Gasteiger partial charge in [-0.15, -0.1) is 0 Å². The highest BCUT2D eigenvalue weighted by Gasteiger charge is 2.43. The fourth-order valence-electron chi connectivity index (χ4n) is 4.87. The second kappa shape index (κ2) is 9.92. The number of carbonyl (C=O) groups excluding carboxylic acids is 3. The summed E-state index contributed by atoms with van der Waals surface area (Å²) < 4.78 is 11.2. The average Bonchev–Trinajstić information content (AvgIpc) is 3.61. The Morgan fingerprint density at radius 2 is 2.06 bits per heavy atom. The van der Waals surface area contributed by atoms with Gasteiger partial charge >= 0.3 is 0 Å². The third-order valence-corrected chi connectivity index (χ3v) is 6.62. The minimum absolute atomic E-state index is 0.0549. The van der Waals surface area contributed by atoms with E-state index in [-0.39, 0.29) is 35.7 Å². The summed E-state index contributed by atoms with van der Waals surface area (Å²) in [5, 5.41) is 6.22. The molecule has 1 aromatic rings. The van der Waals surface area contributed by atoms with Crippen molar-refractivity contribution in [2.45, 2.75) is 64.1 Å². The summed E-state index contributed by atoms with van der Waals surface area (Å²) in [7, 11) is 1.65. The van der Waals surface area contributed by atoms with Crippen LogP contribution in [0.25, 0.3) is 0 Å². The van der Waals surface area contributed by atoms with Crippen LogP contribution in [-0.2, 0) is 19.1 Å². The molecule has 2 heterocycles. The summed E-state index contributed by atoms with van der Waals surface area (Å²) in [5.74, 6) is 0.275. The lowest BCUT2D eigenvalue weighted by molar-refractivity contribution is -0.132. The van der Waals surface area contributed by atoms with Crippen LogP contribution in [0.1, 0.15) is 46.5 Å². The highest BCUT2D eigenvalue weighted by Crippen LogP contribution is 2.42. The molecule has 2 N–H and O–H groups in total. The second-order valence-electron chi connectivity index (χ2n) is 10.00. The number of hydrogen-bond donors (Lipinski definition) is 2. The SMILES string of the molecule is COCCCN1C(=O)C(C)(C)Oc2ccc(N(C(=O)C3CNCC(NC(C)=O)C3)C3CC3)cc21. The van der Waals surface area contributed by atoms with Crippen LogP contribution in [0.15, 0.2) is 18.2 Å². The van der Waals surface area contributed by atoms with Crippen molar-refractivity contribution in [1.82, 2.24) is 10.6 Å². The van der Waals surface area contributed by atoms with E-state index in [1.165, 1.54) is 6.92 Å². The number of rotatable bonds is 8. The van der Waals surface area contributed by atoms with Gasteiger partial charge in [-0.3, -0.25) is 14.4 Å². The molecule has 4 rings (SSSR count). The van der Waals surface area contributed by atoms with Crippen LogP contribution in [0.5, 0.6) is 5.75 Å². The van der Waals surface area contributed by atoms with Crippen molar-refractivity contribution in [3.05, 3.63) is 18.2 Å². The highest BCUT2D eigenvalue weighted by atomic mass is 16.5. The van der Waals surface area contributed by atoms with Crippen LogP contribution in [0.2, 0.25) is 0 Å². The molecule has 0 bridgehead atoms. The van der Waals surface area contributed by atoms with E-state index >= 15 is 0 Å². The standard InChI is InChI=1S/C25H36N4O5/c1-16(30)27-18-12-17(14-26-15-18)23(31)29(19-6-7-19)20-8-9-22-21(13-20)28(10-5-11-33-4)24(32)25(2,3)34-22/h8-9,13,17-19,26H,5-7,10-12,14-15H2,1-4H3,(H,27,30). The summed E-state index contributed by atoms with van der Waals surface area (Å²) in [6, 6.07) is 5.78. The van der Waals surface area contributed by atoms with E-state index in [4.69, 9.17) is 9.47 Å². The quantitative estimate of drug-likeness (QED) is 0.560. The fraction of sp³-hybridized carbons (Fsp3) is 0.640. The Kier molecular flexibility index (Phi) is 7.14. The molecule has 1 saturated carbocycles. The fourth-order valence-corrected chi connectivity index (χ4v) is 4.87. The smallest absolute Gasteiger partial charge is 0.270 e. The van der Waals surface area contributed by atoms with Gasteiger partial charge in [0.25, 0.3) is 5.91 Å². The molecule has 1 saturated heterocycles. The predicted molar refractivity (Wildman–Crippen MR) is 129 cm³/mol. The number of hydrogen-bond acceptors (Lipinski definition) is 6. The molecule has 1 aromatic carbocycles. The molecule has 3 amide bonds. The van der Waals surface area contributed by atoms with Crippen molar-refractivity contribution < 1.29 is 23.9 Å². The molecular formula is C25H36N4O5. The monoisotopic (exact) mass is 472 g/mol. The van der Waals surface area contributed by atoms with Crippen LogP contribution in [0, 0.1) is 5.92 Å². The number of anilines is 2. The van der Waals surface area contributed by atoms with E-state index < -0.39 is 5.60 Å². The molecule has 2 unspecified atom stereocenters. The van der Waals surface area contributed by atoms with E-state index in [1.807, 2.05) is 23.1 Å². The normalized spacial score (nSPS) is 23.6. The van der Waals surface area contributed by atoms with Gasteiger partial charge in [-0.2, -0.15) is 0 Å². The zero-order valence-electron chi connectivity index (χ0n) is 20.6. The number of ether oxygens (including phenoxy) is 2. The molecule has 34 heavy (non-hydrogen) atoms. The number of carbonyl (C=O) groups is 3. The molecule has 9 nitrogen and oxygen atoms in total.